The second-order valence-electron chi connectivity index (χ2n) is 5.11. The van der Waals surface area contributed by atoms with Gasteiger partial charge in [0, 0.05) is 15.8 Å². The van der Waals surface area contributed by atoms with Crippen LogP contribution in [0.1, 0.15) is 10.4 Å². The molecule has 0 aliphatic rings. The third kappa shape index (κ3) is 2.93. The zero-order valence-electron chi connectivity index (χ0n) is 12.4. The highest BCUT2D eigenvalue weighted by Crippen LogP contribution is 2.30. The van der Waals surface area contributed by atoms with Crippen molar-refractivity contribution >= 4 is 44.0 Å². The fourth-order valence-corrected chi connectivity index (χ4v) is 3.98. The molecule has 3 rings (SSSR count). The Bertz CT molecular complexity index is 1050. The van der Waals surface area contributed by atoms with Gasteiger partial charge in [0.25, 0.3) is 15.9 Å². The van der Waals surface area contributed by atoms with Gasteiger partial charge in [0.1, 0.15) is 0 Å². The minimum Gasteiger partial charge on any atom is -0.366 e. The molecule has 7 heteroatoms. The molecule has 3 aromatic carbocycles. The van der Waals surface area contributed by atoms with Crippen molar-refractivity contribution in [2.45, 2.75) is 4.90 Å². The molecule has 1 amide bonds. The highest BCUT2D eigenvalue weighted by Gasteiger charge is 2.20. The average molecular weight is 361 g/mol. The first kappa shape index (κ1) is 16.3. The number of sulfonamides is 1. The predicted molar refractivity (Wildman–Crippen MR) is 94.7 cm³/mol. The number of carbonyl (C=O) groups excluding carboxylic acids is 1. The monoisotopic (exact) mass is 360 g/mol. The van der Waals surface area contributed by atoms with Crippen LogP contribution in [0.5, 0.6) is 0 Å². The van der Waals surface area contributed by atoms with Crippen molar-refractivity contribution in [1.82, 2.24) is 0 Å². The van der Waals surface area contributed by atoms with E-state index in [-0.39, 0.29) is 16.1 Å². The number of rotatable bonds is 4. The van der Waals surface area contributed by atoms with Crippen LogP contribution in [-0.2, 0) is 10.0 Å². The number of nitrogens with one attached hydrogen (secondary N) is 1. The molecule has 3 aromatic rings. The Balaban J connectivity index is 2.14. The number of para-hydroxylation sites is 1. The van der Waals surface area contributed by atoms with E-state index in [9.17, 15) is 13.2 Å². The molecule has 24 heavy (non-hydrogen) atoms. The van der Waals surface area contributed by atoms with Crippen LogP contribution in [-0.4, -0.2) is 14.3 Å². The quantitative estimate of drug-likeness (QED) is 0.747. The molecule has 0 saturated heterocycles. The number of benzene rings is 3. The molecule has 0 unspecified atom stereocenters. The predicted octanol–water partition coefficient (Wildman–Crippen LogP) is 3.39. The first-order chi connectivity index (χ1) is 11.4. The maximum Gasteiger partial charge on any atom is 0.262 e. The summed E-state index contributed by atoms with van der Waals surface area (Å²) in [4.78, 5) is 11.5. The number of nitrogens with two attached hydrogens (primary N) is 1. The van der Waals surface area contributed by atoms with Crippen LogP contribution in [0.25, 0.3) is 10.8 Å². The molecule has 0 aliphatic heterocycles. The normalized spacial score (nSPS) is 11.4. The number of primary amides is 1. The lowest BCUT2D eigenvalue weighted by molar-refractivity contribution is 0.100. The lowest BCUT2D eigenvalue weighted by Gasteiger charge is -2.13. The van der Waals surface area contributed by atoms with E-state index in [0.717, 1.165) is 0 Å². The van der Waals surface area contributed by atoms with Gasteiger partial charge in [-0.15, -0.1) is 0 Å². The number of hydrogen-bond acceptors (Lipinski definition) is 3. The van der Waals surface area contributed by atoms with E-state index in [4.69, 9.17) is 17.3 Å². The Morgan fingerprint density at radius 2 is 1.54 bits per heavy atom. The topological polar surface area (TPSA) is 89.3 Å². The summed E-state index contributed by atoms with van der Waals surface area (Å²) in [6.07, 6.45) is 0. The summed E-state index contributed by atoms with van der Waals surface area (Å²) in [6, 6.07) is 16.0. The Hall–Kier alpha value is -2.57. The molecule has 0 saturated carbocycles. The summed E-state index contributed by atoms with van der Waals surface area (Å²) >= 11 is 6.13. The molecule has 3 N–H and O–H groups in total. The van der Waals surface area contributed by atoms with Crippen LogP contribution in [0.15, 0.2) is 65.6 Å². The largest absolute Gasteiger partial charge is 0.366 e. The van der Waals surface area contributed by atoms with Gasteiger partial charge >= 0.3 is 0 Å². The summed E-state index contributed by atoms with van der Waals surface area (Å²) in [6.45, 7) is 0. The fraction of sp³-hybridized carbons (Fsp3) is 0. The van der Waals surface area contributed by atoms with Crippen LogP contribution < -0.4 is 10.5 Å². The molecule has 0 heterocycles. The van der Waals surface area contributed by atoms with Crippen LogP contribution >= 0.6 is 11.6 Å². The Morgan fingerprint density at radius 1 is 0.917 bits per heavy atom. The molecule has 0 bridgehead atoms. The van der Waals surface area contributed by atoms with E-state index in [2.05, 4.69) is 4.72 Å². The van der Waals surface area contributed by atoms with Crippen LogP contribution in [0.3, 0.4) is 0 Å². The Labute approximate surface area is 144 Å². The van der Waals surface area contributed by atoms with Gasteiger partial charge in [0.05, 0.1) is 16.1 Å². The Kier molecular flexibility index (Phi) is 4.17. The van der Waals surface area contributed by atoms with Crippen LogP contribution in [0, 0.1) is 0 Å². The average Bonchev–Trinajstić information content (AvgIpc) is 2.55. The molecule has 0 spiro atoms. The second kappa shape index (κ2) is 6.14. The summed E-state index contributed by atoms with van der Waals surface area (Å²) < 4.78 is 28.0. The molecular weight excluding hydrogens is 348 g/mol. The smallest absolute Gasteiger partial charge is 0.262 e. The molecular formula is C17H13ClN2O3S. The molecule has 5 nitrogen and oxygen atoms in total. The van der Waals surface area contributed by atoms with Crippen molar-refractivity contribution in [3.05, 3.63) is 71.2 Å². The fourth-order valence-electron chi connectivity index (χ4n) is 2.46. The SMILES string of the molecule is NC(=O)c1ccccc1NS(=O)(=O)c1ccc(Cl)c2ccccc12. The molecule has 0 aromatic heterocycles. The molecule has 0 atom stereocenters. The van der Waals surface area contributed by atoms with E-state index in [1.807, 2.05) is 0 Å². The lowest BCUT2D eigenvalue weighted by atomic mass is 10.1. The van der Waals surface area contributed by atoms with Crippen molar-refractivity contribution in [3.8, 4) is 0 Å². The third-order valence-corrected chi connectivity index (χ3v) is 5.31. The second-order valence-corrected chi connectivity index (χ2v) is 7.16. The summed E-state index contributed by atoms with van der Waals surface area (Å²) in [5.41, 5.74) is 5.52. The van der Waals surface area contributed by atoms with Gasteiger partial charge in [-0.3, -0.25) is 9.52 Å². The highest BCUT2D eigenvalue weighted by molar-refractivity contribution is 7.93. The standard InChI is InChI=1S/C17H13ClN2O3S/c18-14-9-10-16(12-6-2-1-5-11(12)14)24(22,23)20-15-8-4-3-7-13(15)17(19)21/h1-10,20H,(H2,19,21). The van der Waals surface area contributed by atoms with E-state index < -0.39 is 15.9 Å². The van der Waals surface area contributed by atoms with E-state index >= 15 is 0 Å². The third-order valence-electron chi connectivity index (χ3n) is 3.56. The molecule has 122 valence electrons. The number of carbonyl (C=O) groups is 1. The first-order valence-corrected chi connectivity index (χ1v) is 8.85. The first-order valence-electron chi connectivity index (χ1n) is 6.99. The molecule has 0 radical (unpaired) electrons. The number of halogens is 1. The minimum atomic E-state index is -3.93. The van der Waals surface area contributed by atoms with Gasteiger partial charge in [-0.05, 0) is 24.3 Å². The van der Waals surface area contributed by atoms with Crippen LogP contribution in [0.2, 0.25) is 5.02 Å². The van der Waals surface area contributed by atoms with Gasteiger partial charge in [-0.2, -0.15) is 0 Å². The zero-order valence-corrected chi connectivity index (χ0v) is 13.9. The summed E-state index contributed by atoms with van der Waals surface area (Å²) in [7, 11) is -3.93. The van der Waals surface area contributed by atoms with Crippen molar-refractivity contribution in [1.29, 1.82) is 0 Å². The van der Waals surface area contributed by atoms with Gasteiger partial charge < -0.3 is 5.73 Å². The molecule has 0 fully saturated rings. The van der Waals surface area contributed by atoms with Gasteiger partial charge in [-0.1, -0.05) is 48.0 Å². The van der Waals surface area contributed by atoms with Gasteiger partial charge in [-0.25, -0.2) is 8.42 Å². The number of anilines is 1. The summed E-state index contributed by atoms with van der Waals surface area (Å²) in [5.74, 6) is -0.714. The van der Waals surface area contributed by atoms with Crippen LogP contribution in [0.4, 0.5) is 5.69 Å². The maximum atomic E-state index is 12.8. The molecule has 0 aliphatic carbocycles. The highest BCUT2D eigenvalue weighted by atomic mass is 35.5. The number of amides is 1. The van der Waals surface area contributed by atoms with Crippen molar-refractivity contribution in [2.24, 2.45) is 5.73 Å². The minimum absolute atomic E-state index is 0.0711. The number of hydrogen-bond donors (Lipinski definition) is 2. The van der Waals surface area contributed by atoms with E-state index in [0.29, 0.717) is 15.8 Å². The number of fused-ring (bicyclic) bond motifs is 1. The Morgan fingerprint density at radius 3 is 2.25 bits per heavy atom. The lowest BCUT2D eigenvalue weighted by Crippen LogP contribution is -2.18. The van der Waals surface area contributed by atoms with E-state index in [1.54, 1.807) is 36.4 Å². The van der Waals surface area contributed by atoms with Gasteiger partial charge in [0.2, 0.25) is 0 Å². The van der Waals surface area contributed by atoms with E-state index in [1.165, 1.54) is 24.3 Å². The summed E-state index contributed by atoms with van der Waals surface area (Å²) in [5, 5.41) is 1.58. The van der Waals surface area contributed by atoms with Gasteiger partial charge in [0.15, 0.2) is 0 Å². The zero-order chi connectivity index (χ0) is 17.3. The maximum absolute atomic E-state index is 12.8. The van der Waals surface area contributed by atoms with Crippen molar-refractivity contribution in [3.63, 3.8) is 0 Å². The van der Waals surface area contributed by atoms with Crippen molar-refractivity contribution < 1.29 is 13.2 Å². The van der Waals surface area contributed by atoms with Crippen molar-refractivity contribution in [2.75, 3.05) is 4.72 Å².